The average Bonchev–Trinajstić information content (AvgIpc) is 2.70. The second-order valence-corrected chi connectivity index (χ2v) is 8.12. The smallest absolute Gasteiger partial charge is 0.339 e. The number of ether oxygens (including phenoxy) is 1. The first-order valence-electron chi connectivity index (χ1n) is 9.66. The summed E-state index contributed by atoms with van der Waals surface area (Å²) in [6, 6.07) is 4.09. The van der Waals surface area contributed by atoms with Gasteiger partial charge in [0.25, 0.3) is 5.91 Å². The number of carbonyl (C=O) groups is 2. The summed E-state index contributed by atoms with van der Waals surface area (Å²) in [6.45, 7) is 1.53. The molecule has 0 saturated carbocycles. The monoisotopic (exact) mass is 418 g/mol. The van der Waals surface area contributed by atoms with Crippen LogP contribution in [0.1, 0.15) is 37.3 Å². The highest BCUT2D eigenvalue weighted by molar-refractivity contribution is 7.98. The number of nitrogens with one attached hydrogen (secondary N) is 1. The maximum Gasteiger partial charge on any atom is 0.339 e. The van der Waals surface area contributed by atoms with Crippen LogP contribution in [0, 0.1) is 0 Å². The van der Waals surface area contributed by atoms with E-state index in [4.69, 9.17) is 9.15 Å². The summed E-state index contributed by atoms with van der Waals surface area (Å²) in [4.78, 5) is 35.8. The summed E-state index contributed by atoms with van der Waals surface area (Å²) >= 11 is 1.49. The Morgan fingerprint density at radius 2 is 2.00 bits per heavy atom. The van der Waals surface area contributed by atoms with E-state index in [-0.39, 0.29) is 12.0 Å². The predicted octanol–water partition coefficient (Wildman–Crippen LogP) is 1.43. The predicted molar refractivity (Wildman–Crippen MR) is 109 cm³/mol. The molecule has 0 spiro atoms. The summed E-state index contributed by atoms with van der Waals surface area (Å²) in [5.74, 6) is -0.917. The van der Waals surface area contributed by atoms with Crippen molar-refractivity contribution in [3.05, 3.63) is 39.7 Å². The summed E-state index contributed by atoms with van der Waals surface area (Å²) in [5, 5.41) is 14.5. The standard InChI is InChI=1S/C21H25NO6S/c1-12(19(23)22-17(20(24)25)9-10-29-2)27-13-7-8-15-14-5-3-4-6-16(14)21(26)28-18(15)11-13/h7-8,11-12,17H,3-6,9-10H2,1-2H3,(H,22,23)(H,24,25)/p-1/t12-,17+/m1/s1. The van der Waals surface area contributed by atoms with Crippen LogP contribution in [0.4, 0.5) is 0 Å². The third kappa shape index (κ3) is 4.93. The van der Waals surface area contributed by atoms with Crippen LogP contribution in [0.2, 0.25) is 0 Å². The lowest BCUT2D eigenvalue weighted by atomic mass is 9.91. The van der Waals surface area contributed by atoms with Gasteiger partial charge in [-0.15, -0.1) is 0 Å². The normalized spacial score (nSPS) is 15.4. The number of amides is 1. The van der Waals surface area contributed by atoms with Crippen molar-refractivity contribution in [1.29, 1.82) is 0 Å². The molecular weight excluding hydrogens is 394 g/mol. The van der Waals surface area contributed by atoms with E-state index in [9.17, 15) is 19.5 Å². The lowest BCUT2D eigenvalue weighted by molar-refractivity contribution is -0.308. The van der Waals surface area contributed by atoms with Crippen LogP contribution < -0.4 is 20.8 Å². The van der Waals surface area contributed by atoms with Gasteiger partial charge in [0, 0.05) is 17.0 Å². The number of carboxylic acid groups (broad SMARTS) is 1. The molecule has 2 aromatic rings. The first kappa shape index (κ1) is 21.2. The fraction of sp³-hybridized carbons (Fsp3) is 0.476. The molecule has 3 rings (SSSR count). The van der Waals surface area contributed by atoms with E-state index in [1.54, 1.807) is 12.1 Å². The molecule has 0 fully saturated rings. The van der Waals surface area contributed by atoms with E-state index in [1.165, 1.54) is 18.7 Å². The second kappa shape index (κ2) is 9.35. The molecule has 1 N–H and O–H groups in total. The molecule has 0 radical (unpaired) electrons. The topological polar surface area (TPSA) is 109 Å². The Bertz CT molecular complexity index is 970. The fourth-order valence-electron chi connectivity index (χ4n) is 3.53. The van der Waals surface area contributed by atoms with Gasteiger partial charge in [0.05, 0.1) is 12.0 Å². The first-order valence-corrected chi connectivity index (χ1v) is 11.1. The number of thioether (sulfide) groups is 1. The highest BCUT2D eigenvalue weighted by Gasteiger charge is 2.21. The highest BCUT2D eigenvalue weighted by Crippen LogP contribution is 2.29. The van der Waals surface area contributed by atoms with Crippen LogP contribution in [0.15, 0.2) is 27.4 Å². The highest BCUT2D eigenvalue weighted by atomic mass is 32.2. The molecule has 1 amide bonds. The molecule has 8 heteroatoms. The maximum atomic E-state index is 12.3. The zero-order valence-electron chi connectivity index (χ0n) is 16.5. The summed E-state index contributed by atoms with van der Waals surface area (Å²) in [7, 11) is 0. The number of benzene rings is 1. The summed E-state index contributed by atoms with van der Waals surface area (Å²) in [5.41, 5.74) is 1.89. The molecule has 1 aromatic heterocycles. The molecule has 1 aromatic carbocycles. The van der Waals surface area contributed by atoms with Crippen LogP contribution in [0.3, 0.4) is 0 Å². The Morgan fingerprint density at radius 3 is 2.69 bits per heavy atom. The number of fused-ring (bicyclic) bond motifs is 3. The molecule has 29 heavy (non-hydrogen) atoms. The first-order chi connectivity index (χ1) is 13.9. The Labute approximate surface area is 172 Å². The summed E-state index contributed by atoms with van der Waals surface area (Å²) < 4.78 is 11.1. The van der Waals surface area contributed by atoms with E-state index >= 15 is 0 Å². The number of hydrogen-bond donors (Lipinski definition) is 1. The van der Waals surface area contributed by atoms with Crippen LogP contribution in [0.5, 0.6) is 5.75 Å². The van der Waals surface area contributed by atoms with Crippen molar-refractivity contribution >= 4 is 34.6 Å². The van der Waals surface area contributed by atoms with Crippen molar-refractivity contribution < 1.29 is 23.8 Å². The molecule has 2 atom stereocenters. The Balaban J connectivity index is 1.74. The second-order valence-electron chi connectivity index (χ2n) is 7.13. The molecule has 1 aliphatic rings. The third-order valence-corrected chi connectivity index (χ3v) is 5.73. The molecule has 1 aliphatic carbocycles. The number of carboxylic acids is 1. The lowest BCUT2D eigenvalue weighted by Crippen LogP contribution is -2.51. The van der Waals surface area contributed by atoms with Gasteiger partial charge in [-0.05, 0) is 68.7 Å². The van der Waals surface area contributed by atoms with Crippen molar-refractivity contribution in [2.45, 2.75) is 51.2 Å². The van der Waals surface area contributed by atoms with Gasteiger partial charge < -0.3 is 24.4 Å². The van der Waals surface area contributed by atoms with Crippen LogP contribution in [-0.2, 0) is 22.4 Å². The molecule has 0 unspecified atom stereocenters. The number of aryl methyl sites for hydroxylation is 1. The Kier molecular flexibility index (Phi) is 6.84. The van der Waals surface area contributed by atoms with Gasteiger partial charge in [0.1, 0.15) is 11.3 Å². The van der Waals surface area contributed by atoms with E-state index in [0.29, 0.717) is 17.1 Å². The zero-order valence-corrected chi connectivity index (χ0v) is 17.3. The molecule has 0 saturated heterocycles. The van der Waals surface area contributed by atoms with E-state index in [0.717, 1.165) is 42.2 Å². The lowest BCUT2D eigenvalue weighted by Gasteiger charge is -2.22. The zero-order chi connectivity index (χ0) is 21.0. The van der Waals surface area contributed by atoms with Crippen LogP contribution in [0.25, 0.3) is 11.0 Å². The summed E-state index contributed by atoms with van der Waals surface area (Å²) in [6.07, 6.45) is 4.81. The Morgan fingerprint density at radius 1 is 1.28 bits per heavy atom. The average molecular weight is 418 g/mol. The molecule has 1 heterocycles. The van der Waals surface area contributed by atoms with Crippen molar-refractivity contribution in [3.8, 4) is 5.75 Å². The van der Waals surface area contributed by atoms with Gasteiger partial charge >= 0.3 is 5.63 Å². The van der Waals surface area contributed by atoms with Crippen molar-refractivity contribution in [1.82, 2.24) is 5.32 Å². The largest absolute Gasteiger partial charge is 0.548 e. The van der Waals surface area contributed by atoms with Crippen molar-refractivity contribution in [2.24, 2.45) is 0 Å². The third-order valence-electron chi connectivity index (χ3n) is 5.09. The minimum absolute atomic E-state index is 0.272. The number of hydrogen-bond acceptors (Lipinski definition) is 7. The molecular formula is C21H24NO6S-. The van der Waals surface area contributed by atoms with Gasteiger partial charge in [0.15, 0.2) is 6.10 Å². The number of aliphatic carboxylic acids is 1. The van der Waals surface area contributed by atoms with Gasteiger partial charge in [-0.3, -0.25) is 4.79 Å². The van der Waals surface area contributed by atoms with Gasteiger partial charge in [0.2, 0.25) is 0 Å². The fourth-order valence-corrected chi connectivity index (χ4v) is 4.00. The van der Waals surface area contributed by atoms with E-state index in [1.807, 2.05) is 12.3 Å². The van der Waals surface area contributed by atoms with Gasteiger partial charge in [-0.1, -0.05) is 0 Å². The minimum atomic E-state index is -1.32. The quantitative estimate of drug-likeness (QED) is 0.646. The molecule has 7 nitrogen and oxygen atoms in total. The van der Waals surface area contributed by atoms with E-state index in [2.05, 4.69) is 5.32 Å². The minimum Gasteiger partial charge on any atom is -0.548 e. The SMILES string of the molecule is CSCC[C@H](NC(=O)[C@@H](C)Oc1ccc2c3c(c(=O)oc2c1)CCCC3)C(=O)[O-]. The number of carbonyl (C=O) groups excluding carboxylic acids is 2. The molecule has 0 aliphatic heterocycles. The van der Waals surface area contributed by atoms with Crippen molar-refractivity contribution in [2.75, 3.05) is 12.0 Å². The van der Waals surface area contributed by atoms with Crippen LogP contribution in [-0.4, -0.2) is 36.0 Å². The van der Waals surface area contributed by atoms with Gasteiger partial charge in [-0.25, -0.2) is 4.79 Å². The van der Waals surface area contributed by atoms with Crippen molar-refractivity contribution in [3.63, 3.8) is 0 Å². The molecule has 156 valence electrons. The maximum absolute atomic E-state index is 12.3. The van der Waals surface area contributed by atoms with Gasteiger partial charge in [-0.2, -0.15) is 11.8 Å². The Hall–Kier alpha value is -2.48. The number of rotatable bonds is 8. The molecule has 0 bridgehead atoms. The van der Waals surface area contributed by atoms with Crippen LogP contribution >= 0.6 is 11.8 Å². The van der Waals surface area contributed by atoms with E-state index < -0.39 is 24.0 Å².